The molecule has 1 aliphatic rings. The Balaban J connectivity index is 1.91. The summed E-state index contributed by atoms with van der Waals surface area (Å²) in [6, 6.07) is 8.42. The van der Waals surface area contributed by atoms with Crippen molar-refractivity contribution >= 4 is 22.9 Å². The number of likely N-dealkylation sites (N-methyl/N-ethyl adjacent to an activating group) is 1. The third-order valence-corrected chi connectivity index (χ3v) is 4.62. The molecule has 0 spiro atoms. The Kier molecular flexibility index (Phi) is 4.05. The van der Waals surface area contributed by atoms with Crippen molar-refractivity contribution < 1.29 is 5.11 Å². The van der Waals surface area contributed by atoms with E-state index in [1.54, 1.807) is 11.3 Å². The minimum atomic E-state index is 0.173. The topological polar surface area (TPSA) is 61.8 Å². The summed E-state index contributed by atoms with van der Waals surface area (Å²) in [7, 11) is 2.00. The molecule has 0 atom stereocenters. The normalized spacial score (nSPS) is 13.6. The monoisotopic (exact) mass is 301 g/mol. The van der Waals surface area contributed by atoms with Crippen LogP contribution in [0.3, 0.4) is 0 Å². The van der Waals surface area contributed by atoms with Crippen LogP contribution < -0.4 is 5.73 Å². The van der Waals surface area contributed by atoms with Gasteiger partial charge in [0.15, 0.2) is 0 Å². The van der Waals surface area contributed by atoms with Gasteiger partial charge in [0.05, 0.1) is 12.3 Å². The van der Waals surface area contributed by atoms with E-state index in [1.807, 2.05) is 13.1 Å². The Morgan fingerprint density at radius 2 is 2.24 bits per heavy atom. The molecule has 2 aromatic rings. The molecule has 110 valence electrons. The van der Waals surface area contributed by atoms with E-state index in [0.29, 0.717) is 12.4 Å². The Hall–Kier alpha value is -1.69. The fourth-order valence-electron chi connectivity index (χ4n) is 2.59. The number of aliphatic hydroxyl groups is 1. The van der Waals surface area contributed by atoms with Gasteiger partial charge in [0.25, 0.3) is 0 Å². The molecule has 0 saturated carbocycles. The fraction of sp³-hybridized carbons (Fsp3) is 0.312. The van der Waals surface area contributed by atoms with Crippen LogP contribution in [-0.2, 0) is 13.0 Å². The third-order valence-electron chi connectivity index (χ3n) is 3.70. The number of benzene rings is 1. The van der Waals surface area contributed by atoms with E-state index in [2.05, 4.69) is 33.5 Å². The molecular formula is C16H19N3OS. The van der Waals surface area contributed by atoms with Crippen LogP contribution in [0.1, 0.15) is 21.6 Å². The van der Waals surface area contributed by atoms with Crippen LogP contribution in [0, 0.1) is 0 Å². The first kappa shape index (κ1) is 14.3. The summed E-state index contributed by atoms with van der Waals surface area (Å²) in [5.74, 6) is 0.603. The molecule has 5 heteroatoms. The van der Waals surface area contributed by atoms with Gasteiger partial charge in [-0.05, 0) is 35.7 Å². The first-order valence-corrected chi connectivity index (χ1v) is 7.87. The van der Waals surface area contributed by atoms with Crippen molar-refractivity contribution in [2.45, 2.75) is 13.0 Å². The number of thiophene rings is 1. The second-order valence-electron chi connectivity index (χ2n) is 5.36. The van der Waals surface area contributed by atoms with Gasteiger partial charge >= 0.3 is 0 Å². The van der Waals surface area contributed by atoms with Crippen LogP contribution in [-0.4, -0.2) is 36.0 Å². The molecule has 2 heterocycles. The maximum atomic E-state index is 8.98. The minimum Gasteiger partial charge on any atom is -0.395 e. The van der Waals surface area contributed by atoms with Crippen LogP contribution in [0.5, 0.6) is 0 Å². The summed E-state index contributed by atoms with van der Waals surface area (Å²) in [4.78, 5) is 7.96. The standard InChI is InChI=1S/C16H19N3OS/c1-19(5-6-20)10-11-2-3-12-9-15-13(4-7-21-15)16(17)18-14(12)8-11/h2-4,7-8,20H,5-6,9-10H2,1H3,(H2,17,18). The highest BCUT2D eigenvalue weighted by atomic mass is 32.1. The highest BCUT2D eigenvalue weighted by Gasteiger charge is 2.16. The molecular weight excluding hydrogens is 282 g/mol. The molecule has 0 radical (unpaired) electrons. The van der Waals surface area contributed by atoms with E-state index in [0.717, 1.165) is 24.2 Å². The molecule has 1 aromatic heterocycles. The maximum absolute atomic E-state index is 8.98. The Bertz CT molecular complexity index is 678. The minimum absolute atomic E-state index is 0.173. The van der Waals surface area contributed by atoms with Crippen molar-refractivity contribution in [2.75, 3.05) is 20.2 Å². The third kappa shape index (κ3) is 3.00. The van der Waals surface area contributed by atoms with Crippen molar-refractivity contribution in [2.24, 2.45) is 10.7 Å². The van der Waals surface area contributed by atoms with Gasteiger partial charge in [0, 0.05) is 30.0 Å². The summed E-state index contributed by atoms with van der Waals surface area (Å²) in [6.07, 6.45) is 0.888. The second-order valence-corrected chi connectivity index (χ2v) is 6.36. The van der Waals surface area contributed by atoms with Gasteiger partial charge in [-0.25, -0.2) is 4.99 Å². The van der Waals surface area contributed by atoms with Crippen molar-refractivity contribution in [3.63, 3.8) is 0 Å². The molecule has 1 aliphatic heterocycles. The lowest BCUT2D eigenvalue weighted by atomic mass is 10.0. The molecule has 0 bridgehead atoms. The first-order chi connectivity index (χ1) is 10.2. The molecule has 0 aliphatic carbocycles. The lowest BCUT2D eigenvalue weighted by molar-refractivity contribution is 0.217. The number of amidine groups is 1. The highest BCUT2D eigenvalue weighted by Crippen LogP contribution is 2.31. The molecule has 0 saturated heterocycles. The number of rotatable bonds is 4. The molecule has 3 N–H and O–H groups in total. The van der Waals surface area contributed by atoms with Gasteiger partial charge in [0.2, 0.25) is 0 Å². The SMILES string of the molecule is CN(CCO)Cc1ccc2c(c1)N=C(N)c1ccsc1C2. The van der Waals surface area contributed by atoms with E-state index < -0.39 is 0 Å². The largest absolute Gasteiger partial charge is 0.395 e. The zero-order valence-electron chi connectivity index (χ0n) is 12.0. The van der Waals surface area contributed by atoms with E-state index >= 15 is 0 Å². The smallest absolute Gasteiger partial charge is 0.132 e. The van der Waals surface area contributed by atoms with E-state index in [9.17, 15) is 0 Å². The Labute approximate surface area is 128 Å². The summed E-state index contributed by atoms with van der Waals surface area (Å²) in [5, 5.41) is 11.0. The van der Waals surface area contributed by atoms with E-state index in [-0.39, 0.29) is 6.61 Å². The molecule has 21 heavy (non-hydrogen) atoms. The van der Waals surface area contributed by atoms with E-state index in [1.165, 1.54) is 16.0 Å². The van der Waals surface area contributed by atoms with Gasteiger partial charge in [-0.1, -0.05) is 12.1 Å². The average Bonchev–Trinajstić information content (AvgIpc) is 2.85. The summed E-state index contributed by atoms with van der Waals surface area (Å²) >= 11 is 1.73. The predicted molar refractivity (Wildman–Crippen MR) is 87.4 cm³/mol. The second kappa shape index (κ2) is 5.97. The number of nitrogens with zero attached hydrogens (tertiary/aromatic N) is 2. The van der Waals surface area contributed by atoms with Crippen LogP contribution >= 0.6 is 11.3 Å². The van der Waals surface area contributed by atoms with E-state index in [4.69, 9.17) is 10.8 Å². The van der Waals surface area contributed by atoms with Gasteiger partial charge in [-0.2, -0.15) is 0 Å². The Morgan fingerprint density at radius 1 is 1.38 bits per heavy atom. The van der Waals surface area contributed by atoms with Crippen LogP contribution in [0.2, 0.25) is 0 Å². The summed E-state index contributed by atoms with van der Waals surface area (Å²) < 4.78 is 0. The highest BCUT2D eigenvalue weighted by molar-refractivity contribution is 7.10. The zero-order valence-corrected chi connectivity index (χ0v) is 12.9. The van der Waals surface area contributed by atoms with Crippen molar-refractivity contribution in [3.05, 3.63) is 51.2 Å². The number of hydrogen-bond acceptors (Lipinski definition) is 5. The van der Waals surface area contributed by atoms with Crippen LogP contribution in [0.25, 0.3) is 0 Å². The molecule has 4 nitrogen and oxygen atoms in total. The number of nitrogens with two attached hydrogens (primary N) is 1. The number of fused-ring (bicyclic) bond motifs is 2. The van der Waals surface area contributed by atoms with Crippen LogP contribution in [0.4, 0.5) is 5.69 Å². The molecule has 0 amide bonds. The van der Waals surface area contributed by atoms with Gasteiger partial charge in [-0.15, -0.1) is 11.3 Å². The summed E-state index contributed by atoms with van der Waals surface area (Å²) in [5.41, 5.74) is 10.5. The van der Waals surface area contributed by atoms with Crippen LogP contribution in [0.15, 0.2) is 34.6 Å². The number of aliphatic hydroxyl groups excluding tert-OH is 1. The fourth-order valence-corrected chi connectivity index (χ4v) is 3.50. The van der Waals surface area contributed by atoms with Crippen molar-refractivity contribution in [1.82, 2.24) is 4.90 Å². The average molecular weight is 301 g/mol. The van der Waals surface area contributed by atoms with Gasteiger partial charge in [-0.3, -0.25) is 4.90 Å². The van der Waals surface area contributed by atoms with Crippen molar-refractivity contribution in [1.29, 1.82) is 0 Å². The molecule has 0 unspecified atom stereocenters. The first-order valence-electron chi connectivity index (χ1n) is 6.99. The number of aliphatic imine (C=N–C) groups is 1. The molecule has 1 aromatic carbocycles. The lowest BCUT2D eigenvalue weighted by Gasteiger charge is -2.16. The van der Waals surface area contributed by atoms with Gasteiger partial charge in [0.1, 0.15) is 5.84 Å². The molecule has 0 fully saturated rings. The summed E-state index contributed by atoms with van der Waals surface area (Å²) in [6.45, 7) is 1.64. The molecule has 3 rings (SSSR count). The van der Waals surface area contributed by atoms with Gasteiger partial charge < -0.3 is 10.8 Å². The van der Waals surface area contributed by atoms with Crippen molar-refractivity contribution in [3.8, 4) is 0 Å². The lowest BCUT2D eigenvalue weighted by Crippen LogP contribution is -2.21. The Morgan fingerprint density at radius 3 is 3.05 bits per heavy atom. The maximum Gasteiger partial charge on any atom is 0.132 e. The quantitative estimate of drug-likeness (QED) is 0.909. The zero-order chi connectivity index (χ0) is 14.8. The number of hydrogen-bond donors (Lipinski definition) is 2. The predicted octanol–water partition coefficient (Wildman–Crippen LogP) is 2.11.